The van der Waals surface area contributed by atoms with Crippen LogP contribution >= 0.6 is 15.9 Å². The van der Waals surface area contributed by atoms with E-state index in [4.69, 9.17) is 0 Å². The van der Waals surface area contributed by atoms with Crippen LogP contribution in [0.15, 0.2) is 28.7 Å². The van der Waals surface area contributed by atoms with E-state index in [9.17, 15) is 9.59 Å². The molecule has 0 bridgehead atoms. The fourth-order valence-electron chi connectivity index (χ4n) is 2.90. The summed E-state index contributed by atoms with van der Waals surface area (Å²) in [5.41, 5.74) is 0.0186. The van der Waals surface area contributed by atoms with Crippen molar-refractivity contribution in [2.24, 2.45) is 0 Å². The molecule has 1 aliphatic heterocycles. The van der Waals surface area contributed by atoms with Crippen molar-refractivity contribution in [3.63, 3.8) is 0 Å². The second-order valence-corrected chi connectivity index (χ2v) is 6.94. The zero-order valence-corrected chi connectivity index (χ0v) is 14.5. The van der Waals surface area contributed by atoms with Crippen LogP contribution in [0.4, 0.5) is 0 Å². The van der Waals surface area contributed by atoms with Gasteiger partial charge in [-0.1, -0.05) is 28.1 Å². The Morgan fingerprint density at radius 2 is 1.81 bits per heavy atom. The molecule has 1 aromatic rings. The lowest BCUT2D eigenvalue weighted by Crippen LogP contribution is -2.65. The Morgan fingerprint density at radius 3 is 2.38 bits per heavy atom. The third-order valence-electron chi connectivity index (χ3n) is 4.24. The van der Waals surface area contributed by atoms with E-state index in [0.29, 0.717) is 18.7 Å². The minimum atomic E-state index is -0.655. The van der Waals surface area contributed by atoms with Gasteiger partial charge in [0.25, 0.3) is 0 Å². The Morgan fingerprint density at radius 1 is 1.24 bits per heavy atom. The number of carbonyl (C=O) groups is 2. The SMILES string of the molecule is CC(C(=O)c1ccc(Br)cc1)N1CCN(C)C(=O)C1(C)C. The van der Waals surface area contributed by atoms with Gasteiger partial charge >= 0.3 is 0 Å². The third-order valence-corrected chi connectivity index (χ3v) is 4.77. The van der Waals surface area contributed by atoms with E-state index in [0.717, 1.165) is 4.47 Å². The van der Waals surface area contributed by atoms with Crippen molar-refractivity contribution >= 4 is 27.6 Å². The Labute approximate surface area is 134 Å². The lowest BCUT2D eigenvalue weighted by atomic mass is 9.93. The molecule has 0 N–H and O–H groups in total. The van der Waals surface area contributed by atoms with Gasteiger partial charge in [0.05, 0.1) is 11.6 Å². The number of nitrogens with zero attached hydrogens (tertiary/aromatic N) is 2. The molecule has 1 atom stereocenters. The molecule has 2 rings (SSSR count). The maximum atomic E-state index is 12.6. The van der Waals surface area contributed by atoms with Crippen molar-refractivity contribution in [1.82, 2.24) is 9.80 Å². The number of hydrogen-bond donors (Lipinski definition) is 0. The van der Waals surface area contributed by atoms with Gasteiger partial charge in [-0.2, -0.15) is 0 Å². The van der Waals surface area contributed by atoms with Crippen LogP contribution in [-0.4, -0.2) is 53.2 Å². The summed E-state index contributed by atoms with van der Waals surface area (Å²) in [6, 6.07) is 7.03. The Bertz CT molecular complexity index is 554. The number of carbonyl (C=O) groups excluding carboxylic acids is 2. The molecule has 1 saturated heterocycles. The fraction of sp³-hybridized carbons (Fsp3) is 0.500. The molecule has 1 heterocycles. The monoisotopic (exact) mass is 352 g/mol. The highest BCUT2D eigenvalue weighted by Gasteiger charge is 2.44. The van der Waals surface area contributed by atoms with Crippen LogP contribution in [0.3, 0.4) is 0 Å². The normalized spacial score (nSPS) is 20.4. The second kappa shape index (κ2) is 5.89. The van der Waals surface area contributed by atoms with Crippen molar-refractivity contribution in [2.45, 2.75) is 32.4 Å². The standard InChI is InChI=1S/C16H21BrN2O2/c1-11(14(20)12-5-7-13(17)8-6-12)19-10-9-18(4)15(21)16(19,2)3/h5-8,11H,9-10H2,1-4H3. The second-order valence-electron chi connectivity index (χ2n) is 6.03. The highest BCUT2D eigenvalue weighted by atomic mass is 79.9. The van der Waals surface area contributed by atoms with Crippen molar-refractivity contribution in [2.75, 3.05) is 20.1 Å². The quantitative estimate of drug-likeness (QED) is 0.785. The topological polar surface area (TPSA) is 40.6 Å². The maximum Gasteiger partial charge on any atom is 0.242 e. The summed E-state index contributed by atoms with van der Waals surface area (Å²) in [7, 11) is 1.81. The number of Topliss-reactive ketones (excluding diaryl/α,β-unsaturated/α-hetero) is 1. The zero-order chi connectivity index (χ0) is 15.8. The fourth-order valence-corrected chi connectivity index (χ4v) is 3.17. The minimum Gasteiger partial charge on any atom is -0.343 e. The number of benzene rings is 1. The summed E-state index contributed by atoms with van der Waals surface area (Å²) < 4.78 is 0.946. The largest absolute Gasteiger partial charge is 0.343 e. The Kier molecular flexibility index (Phi) is 4.54. The van der Waals surface area contributed by atoms with Crippen molar-refractivity contribution < 1.29 is 9.59 Å². The van der Waals surface area contributed by atoms with Crippen molar-refractivity contribution in [1.29, 1.82) is 0 Å². The lowest BCUT2D eigenvalue weighted by molar-refractivity contribution is -0.148. The highest BCUT2D eigenvalue weighted by Crippen LogP contribution is 2.26. The van der Waals surface area contributed by atoms with Gasteiger partial charge in [-0.05, 0) is 32.9 Å². The molecule has 4 nitrogen and oxygen atoms in total. The predicted octanol–water partition coefficient (Wildman–Crippen LogP) is 2.57. The molecule has 0 spiro atoms. The third kappa shape index (κ3) is 3.04. The summed E-state index contributed by atoms with van der Waals surface area (Å²) in [6.07, 6.45) is 0. The van der Waals surface area contributed by atoms with E-state index in [1.54, 1.807) is 4.90 Å². The van der Waals surface area contributed by atoms with Gasteiger partial charge in [0.2, 0.25) is 5.91 Å². The highest BCUT2D eigenvalue weighted by molar-refractivity contribution is 9.10. The first-order chi connectivity index (χ1) is 9.75. The summed E-state index contributed by atoms with van der Waals surface area (Å²) in [5.74, 6) is 0.108. The smallest absolute Gasteiger partial charge is 0.242 e. The molecule has 1 amide bonds. The van der Waals surface area contributed by atoms with Crippen molar-refractivity contribution in [3.8, 4) is 0 Å². The first kappa shape index (κ1) is 16.2. The lowest BCUT2D eigenvalue weighted by Gasteiger charge is -2.47. The van der Waals surface area contributed by atoms with Gasteiger partial charge in [-0.25, -0.2) is 0 Å². The number of amides is 1. The molecular weight excluding hydrogens is 332 g/mol. The van der Waals surface area contributed by atoms with Crippen LogP contribution in [-0.2, 0) is 4.79 Å². The predicted molar refractivity (Wildman–Crippen MR) is 86.4 cm³/mol. The summed E-state index contributed by atoms with van der Waals surface area (Å²) in [4.78, 5) is 28.7. The number of hydrogen-bond acceptors (Lipinski definition) is 3. The first-order valence-electron chi connectivity index (χ1n) is 7.07. The van der Waals surface area contributed by atoms with Gasteiger partial charge in [0.15, 0.2) is 5.78 Å². The first-order valence-corrected chi connectivity index (χ1v) is 7.86. The van der Waals surface area contributed by atoms with Crippen LogP contribution in [0.5, 0.6) is 0 Å². The van der Waals surface area contributed by atoms with Gasteiger partial charge in [0.1, 0.15) is 0 Å². The van der Waals surface area contributed by atoms with E-state index in [2.05, 4.69) is 15.9 Å². The van der Waals surface area contributed by atoms with E-state index < -0.39 is 5.54 Å². The molecule has 0 radical (unpaired) electrons. The number of likely N-dealkylation sites (N-methyl/N-ethyl adjacent to an activating group) is 1. The number of piperazine rings is 1. The molecule has 0 saturated carbocycles. The van der Waals surface area contributed by atoms with Gasteiger partial charge in [0, 0.05) is 30.2 Å². The van der Waals surface area contributed by atoms with Crippen LogP contribution in [0, 0.1) is 0 Å². The molecule has 1 fully saturated rings. The zero-order valence-electron chi connectivity index (χ0n) is 12.9. The van der Waals surface area contributed by atoms with E-state index in [-0.39, 0.29) is 17.7 Å². The summed E-state index contributed by atoms with van der Waals surface area (Å²) in [5, 5.41) is 0. The van der Waals surface area contributed by atoms with Crippen molar-refractivity contribution in [3.05, 3.63) is 34.3 Å². The molecule has 1 aromatic carbocycles. The van der Waals surface area contributed by atoms with E-state index in [1.165, 1.54) is 0 Å². The molecule has 114 valence electrons. The van der Waals surface area contributed by atoms with Crippen LogP contribution in [0.25, 0.3) is 0 Å². The Hall–Kier alpha value is -1.20. The van der Waals surface area contributed by atoms with Gasteiger partial charge < -0.3 is 4.90 Å². The molecule has 1 aliphatic rings. The number of ketones is 1. The molecule has 0 aliphatic carbocycles. The molecule has 1 unspecified atom stereocenters. The maximum absolute atomic E-state index is 12.6. The minimum absolute atomic E-state index is 0.0490. The molecule has 5 heteroatoms. The molecule has 0 aromatic heterocycles. The Balaban J connectivity index is 2.23. The summed E-state index contributed by atoms with van der Waals surface area (Å²) >= 11 is 3.37. The van der Waals surface area contributed by atoms with Crippen LogP contribution in [0.2, 0.25) is 0 Å². The number of halogens is 1. The molecule has 21 heavy (non-hydrogen) atoms. The average Bonchev–Trinajstić information content (AvgIpc) is 2.44. The molecular formula is C16H21BrN2O2. The van der Waals surface area contributed by atoms with E-state index >= 15 is 0 Å². The average molecular weight is 353 g/mol. The van der Waals surface area contributed by atoms with Crippen LogP contribution < -0.4 is 0 Å². The van der Waals surface area contributed by atoms with Gasteiger partial charge in [-0.3, -0.25) is 14.5 Å². The van der Waals surface area contributed by atoms with Crippen LogP contribution in [0.1, 0.15) is 31.1 Å². The van der Waals surface area contributed by atoms with Gasteiger partial charge in [-0.15, -0.1) is 0 Å². The van der Waals surface area contributed by atoms with E-state index in [1.807, 2.05) is 57.0 Å². The number of rotatable bonds is 3. The summed E-state index contributed by atoms with van der Waals surface area (Å²) in [6.45, 7) is 7.01.